The highest BCUT2D eigenvalue weighted by molar-refractivity contribution is 4.72. The van der Waals surface area contributed by atoms with Crippen LogP contribution in [0.25, 0.3) is 0 Å². The molecule has 0 aromatic rings. The van der Waals surface area contributed by atoms with Gasteiger partial charge in [-0.05, 0) is 26.9 Å². The van der Waals surface area contributed by atoms with Crippen LogP contribution in [-0.2, 0) is 0 Å². The van der Waals surface area contributed by atoms with E-state index in [1.54, 1.807) is 0 Å². The highest BCUT2D eigenvalue weighted by Gasteiger charge is 2.15. The minimum absolute atomic E-state index is 0. The van der Waals surface area contributed by atoms with Gasteiger partial charge in [-0.3, -0.25) is 0 Å². The van der Waals surface area contributed by atoms with E-state index in [0.717, 1.165) is 6.04 Å². The molecule has 0 amide bonds. The zero-order chi connectivity index (χ0) is 5.98. The maximum absolute atomic E-state index is 2.34. The topological polar surface area (TPSA) is 3.24 Å². The lowest BCUT2D eigenvalue weighted by Crippen LogP contribution is -2.23. The van der Waals surface area contributed by atoms with Crippen LogP contribution in [0.5, 0.6) is 0 Å². The number of nitrogens with zero attached hydrogens (tertiary/aromatic N) is 1. The van der Waals surface area contributed by atoms with E-state index < -0.39 is 0 Å². The van der Waals surface area contributed by atoms with E-state index in [4.69, 9.17) is 0 Å². The van der Waals surface area contributed by atoms with Crippen molar-refractivity contribution in [2.75, 3.05) is 14.1 Å². The first-order chi connectivity index (χ1) is 3.80. The van der Waals surface area contributed by atoms with E-state index in [1.165, 1.54) is 25.7 Å². The van der Waals surface area contributed by atoms with Crippen molar-refractivity contribution in [1.29, 1.82) is 0 Å². The van der Waals surface area contributed by atoms with Gasteiger partial charge >= 0.3 is 0 Å². The molecule has 0 radical (unpaired) electrons. The summed E-state index contributed by atoms with van der Waals surface area (Å²) >= 11 is 0. The van der Waals surface area contributed by atoms with Crippen LogP contribution in [0.1, 0.15) is 27.1 Å². The summed E-state index contributed by atoms with van der Waals surface area (Å²) in [5, 5.41) is 0. The second-order valence-corrected chi connectivity index (χ2v) is 2.90. The molecule has 0 aromatic heterocycles. The van der Waals surface area contributed by atoms with Gasteiger partial charge < -0.3 is 4.90 Å². The van der Waals surface area contributed by atoms with Crippen LogP contribution in [0.4, 0.5) is 0 Å². The third kappa shape index (κ3) is 1.22. The summed E-state index contributed by atoms with van der Waals surface area (Å²) in [6, 6.07) is 0.898. The van der Waals surface area contributed by atoms with E-state index in [-0.39, 0.29) is 1.43 Å². The maximum Gasteiger partial charge on any atom is 0.00891 e. The summed E-state index contributed by atoms with van der Waals surface area (Å²) in [5.41, 5.74) is 0. The Kier molecular flexibility index (Phi) is 1.90. The maximum atomic E-state index is 2.34. The minimum atomic E-state index is 0. The summed E-state index contributed by atoms with van der Waals surface area (Å²) in [7, 11) is 4.35. The first-order valence-electron chi connectivity index (χ1n) is 3.47. The molecule has 0 aromatic carbocycles. The molecular weight excluding hydrogens is 98.1 g/mol. The molecule has 0 unspecified atom stereocenters. The van der Waals surface area contributed by atoms with Crippen molar-refractivity contribution in [3.63, 3.8) is 0 Å². The Hall–Kier alpha value is -0.0400. The molecule has 0 heterocycles. The summed E-state index contributed by atoms with van der Waals surface area (Å²) in [6.45, 7) is 0. The van der Waals surface area contributed by atoms with Gasteiger partial charge in [0.15, 0.2) is 0 Å². The zero-order valence-corrected chi connectivity index (χ0v) is 5.85. The lowest BCUT2D eigenvalue weighted by Gasteiger charge is -2.17. The molecule has 1 aliphatic rings. The average molecular weight is 115 g/mol. The Morgan fingerprint density at radius 2 is 1.75 bits per heavy atom. The van der Waals surface area contributed by atoms with Crippen LogP contribution in [-0.4, -0.2) is 25.0 Å². The van der Waals surface area contributed by atoms with Crippen LogP contribution in [0.15, 0.2) is 0 Å². The summed E-state index contributed by atoms with van der Waals surface area (Å²) in [4.78, 5) is 2.34. The average Bonchev–Trinajstić information content (AvgIpc) is 2.12. The molecule has 0 saturated heterocycles. The van der Waals surface area contributed by atoms with Gasteiger partial charge in [-0.1, -0.05) is 12.8 Å². The number of hydrogen-bond donors (Lipinski definition) is 0. The van der Waals surface area contributed by atoms with E-state index in [1.807, 2.05) is 0 Å². The van der Waals surface area contributed by atoms with E-state index in [0.29, 0.717) is 0 Å². The van der Waals surface area contributed by atoms with Crippen molar-refractivity contribution in [3.05, 3.63) is 0 Å². The molecule has 0 N–H and O–H groups in total. The van der Waals surface area contributed by atoms with E-state index in [2.05, 4.69) is 19.0 Å². The molecule has 50 valence electrons. The Bertz CT molecular complexity index is 67.3. The van der Waals surface area contributed by atoms with Gasteiger partial charge in [0.1, 0.15) is 0 Å². The Morgan fingerprint density at radius 3 is 2.00 bits per heavy atom. The quantitative estimate of drug-likeness (QED) is 0.503. The summed E-state index contributed by atoms with van der Waals surface area (Å²) in [5.74, 6) is 0. The van der Waals surface area contributed by atoms with Crippen molar-refractivity contribution in [2.45, 2.75) is 31.7 Å². The van der Waals surface area contributed by atoms with Gasteiger partial charge in [-0.25, -0.2) is 0 Å². The fourth-order valence-corrected chi connectivity index (χ4v) is 1.42. The fraction of sp³-hybridized carbons (Fsp3) is 1.00. The van der Waals surface area contributed by atoms with Crippen molar-refractivity contribution in [3.8, 4) is 0 Å². The molecule has 1 fully saturated rings. The van der Waals surface area contributed by atoms with Gasteiger partial charge in [0, 0.05) is 7.47 Å². The molecule has 1 heteroatoms. The predicted octanol–water partition coefficient (Wildman–Crippen LogP) is 1.74. The third-order valence-electron chi connectivity index (χ3n) is 2.05. The number of rotatable bonds is 1. The highest BCUT2D eigenvalue weighted by Crippen LogP contribution is 2.20. The third-order valence-corrected chi connectivity index (χ3v) is 2.05. The van der Waals surface area contributed by atoms with Crippen LogP contribution < -0.4 is 0 Å². The molecule has 1 aliphatic carbocycles. The van der Waals surface area contributed by atoms with Crippen LogP contribution in [0, 0.1) is 0 Å². The fourth-order valence-electron chi connectivity index (χ4n) is 1.42. The first kappa shape index (κ1) is 6.09. The van der Waals surface area contributed by atoms with Crippen LogP contribution in [0.2, 0.25) is 0 Å². The highest BCUT2D eigenvalue weighted by atomic mass is 15.1. The molecule has 0 aliphatic heterocycles. The minimum Gasteiger partial charge on any atom is -0.306 e. The van der Waals surface area contributed by atoms with Gasteiger partial charge in [0.05, 0.1) is 0 Å². The largest absolute Gasteiger partial charge is 0.306 e. The van der Waals surface area contributed by atoms with Crippen LogP contribution >= 0.6 is 0 Å². The Morgan fingerprint density at radius 1 is 1.25 bits per heavy atom. The van der Waals surface area contributed by atoms with Gasteiger partial charge in [0.2, 0.25) is 0 Å². The van der Waals surface area contributed by atoms with Crippen molar-refractivity contribution in [2.24, 2.45) is 0 Å². The van der Waals surface area contributed by atoms with E-state index >= 15 is 0 Å². The molecule has 1 saturated carbocycles. The Labute approximate surface area is 53.2 Å². The lowest BCUT2D eigenvalue weighted by atomic mass is 10.2. The van der Waals surface area contributed by atoms with Gasteiger partial charge in [-0.15, -0.1) is 0 Å². The lowest BCUT2D eigenvalue weighted by molar-refractivity contribution is 0.299. The smallest absolute Gasteiger partial charge is 0.00891 e. The molecule has 8 heavy (non-hydrogen) atoms. The number of hydrogen-bond acceptors (Lipinski definition) is 1. The van der Waals surface area contributed by atoms with Crippen molar-refractivity contribution in [1.82, 2.24) is 4.90 Å². The normalized spacial score (nSPS) is 22.9. The van der Waals surface area contributed by atoms with Gasteiger partial charge in [0.25, 0.3) is 0 Å². The van der Waals surface area contributed by atoms with Crippen molar-refractivity contribution >= 4 is 0 Å². The predicted molar refractivity (Wildman–Crippen MR) is 38.1 cm³/mol. The first-order valence-corrected chi connectivity index (χ1v) is 3.47. The molecular formula is C7H17N. The molecule has 1 nitrogen and oxygen atoms in total. The summed E-state index contributed by atoms with van der Waals surface area (Å²) in [6.07, 6.45) is 5.74. The molecule has 0 spiro atoms. The molecule has 1 rings (SSSR count). The molecule has 0 bridgehead atoms. The molecule has 0 atom stereocenters. The van der Waals surface area contributed by atoms with Crippen LogP contribution in [0.3, 0.4) is 0 Å². The van der Waals surface area contributed by atoms with Crippen molar-refractivity contribution < 1.29 is 1.43 Å². The second kappa shape index (κ2) is 2.49. The van der Waals surface area contributed by atoms with Gasteiger partial charge in [-0.2, -0.15) is 0 Å². The second-order valence-electron chi connectivity index (χ2n) is 2.90. The zero-order valence-electron chi connectivity index (χ0n) is 5.85. The van der Waals surface area contributed by atoms with E-state index in [9.17, 15) is 0 Å². The monoisotopic (exact) mass is 115 g/mol. The summed E-state index contributed by atoms with van der Waals surface area (Å²) < 4.78 is 0. The standard InChI is InChI=1S/C7H15N.H2/c1-8(2)7-5-3-4-6-7;/h7H,3-6H2,1-2H3;1H. The SMILES string of the molecule is CN(C)C1CCCC1.[HH]. The Balaban J connectivity index is 0.000000640.